The minimum absolute atomic E-state index is 0.00902. The number of rotatable bonds is 8. The van der Waals surface area contributed by atoms with Gasteiger partial charge in [0.25, 0.3) is 0 Å². The van der Waals surface area contributed by atoms with Crippen molar-refractivity contribution in [1.29, 1.82) is 0 Å². The fourth-order valence-corrected chi connectivity index (χ4v) is 5.19. The number of hydrogen-bond donors (Lipinski definition) is 0. The molecular formula is C24H27FN4O4S. The molecule has 0 N–H and O–H groups in total. The van der Waals surface area contributed by atoms with Gasteiger partial charge in [0.1, 0.15) is 12.4 Å². The van der Waals surface area contributed by atoms with E-state index >= 15 is 0 Å². The first kappa shape index (κ1) is 24.3. The molecule has 0 spiro atoms. The molecule has 2 unspecified atom stereocenters. The Bertz CT molecular complexity index is 1110. The summed E-state index contributed by atoms with van der Waals surface area (Å²) in [5.74, 6) is -0.848. The lowest BCUT2D eigenvalue weighted by molar-refractivity contribution is -0.141. The summed E-state index contributed by atoms with van der Waals surface area (Å²) in [5.41, 5.74) is 1.87. The van der Waals surface area contributed by atoms with Gasteiger partial charge in [-0.1, -0.05) is 35.2 Å². The van der Waals surface area contributed by atoms with Crippen LogP contribution in [0.5, 0.6) is 0 Å². The maximum absolute atomic E-state index is 14.8. The molecule has 2 aliphatic rings. The molecule has 1 aliphatic carbocycles. The number of thioether (sulfide) groups is 1. The topological polar surface area (TPSA) is 94.4 Å². The fourth-order valence-electron chi connectivity index (χ4n) is 4.27. The first-order valence-electron chi connectivity index (χ1n) is 11.2. The van der Waals surface area contributed by atoms with Crippen LogP contribution in [0, 0.1) is 11.7 Å². The number of methoxy groups -OCH3 is 1. The summed E-state index contributed by atoms with van der Waals surface area (Å²) in [7, 11) is 1.30. The zero-order chi connectivity index (χ0) is 24.2. The molecule has 1 saturated carbocycles. The predicted octanol–water partition coefficient (Wildman–Crippen LogP) is 3.05. The zero-order valence-electron chi connectivity index (χ0n) is 19.1. The van der Waals surface area contributed by atoms with Gasteiger partial charge in [0.2, 0.25) is 0 Å². The molecule has 2 heterocycles. The molecule has 2 fully saturated rings. The van der Waals surface area contributed by atoms with E-state index in [-0.39, 0.29) is 28.6 Å². The number of carbonyl (C=O) groups is 3. The van der Waals surface area contributed by atoms with Crippen molar-refractivity contribution in [3.63, 3.8) is 0 Å². The third-order valence-corrected chi connectivity index (χ3v) is 7.24. The second-order valence-corrected chi connectivity index (χ2v) is 9.95. The Labute approximate surface area is 201 Å². The van der Waals surface area contributed by atoms with Crippen molar-refractivity contribution in [3.8, 4) is 0 Å². The maximum Gasteiger partial charge on any atom is 0.327 e. The molecule has 4 rings (SSSR count). The SMILES string of the molecule is COC(=O)Cn1nncc1/C=C1\CN(C(C(=O)C2CC2)c2ccccc2F)CCC1SC(C)=O. The Balaban J connectivity index is 1.67. The summed E-state index contributed by atoms with van der Waals surface area (Å²) < 4.78 is 20.9. The summed E-state index contributed by atoms with van der Waals surface area (Å²) in [6, 6.07) is 5.74. The van der Waals surface area contributed by atoms with Crippen LogP contribution in [0.15, 0.2) is 36.0 Å². The summed E-state index contributed by atoms with van der Waals surface area (Å²) in [6.07, 6.45) is 5.68. The second kappa shape index (κ2) is 10.6. The van der Waals surface area contributed by atoms with E-state index in [1.807, 2.05) is 11.0 Å². The van der Waals surface area contributed by atoms with E-state index in [2.05, 4.69) is 10.3 Å². The summed E-state index contributed by atoms with van der Waals surface area (Å²) in [4.78, 5) is 39.0. The summed E-state index contributed by atoms with van der Waals surface area (Å²) in [6.45, 7) is 2.36. The number of carbonyl (C=O) groups excluding carboxylic acids is 3. The van der Waals surface area contributed by atoms with E-state index < -0.39 is 17.8 Å². The minimum atomic E-state index is -0.682. The maximum atomic E-state index is 14.8. The highest BCUT2D eigenvalue weighted by Crippen LogP contribution is 2.40. The molecule has 2 aromatic rings. The lowest BCUT2D eigenvalue weighted by atomic mass is 9.93. The average Bonchev–Trinajstić information content (AvgIpc) is 3.58. The van der Waals surface area contributed by atoms with Crippen LogP contribution in [-0.2, 0) is 25.7 Å². The fraction of sp³-hybridized carbons (Fsp3) is 0.458. The molecule has 8 nitrogen and oxygen atoms in total. The Kier molecular flexibility index (Phi) is 7.57. The van der Waals surface area contributed by atoms with Crippen LogP contribution in [0.4, 0.5) is 4.39 Å². The highest BCUT2D eigenvalue weighted by Gasteiger charge is 2.41. The molecule has 1 aliphatic heterocycles. The standard InChI is InChI=1S/C24H27FN4O4S/c1-15(30)34-21-9-10-28(13-17(21)11-18-12-26-27-29(18)14-22(31)33-2)23(24(32)16-7-8-16)19-5-3-4-6-20(19)25/h3-6,11-12,16,21,23H,7-10,13-14H2,1-2H3/b17-11+. The molecule has 1 aromatic heterocycles. The molecule has 180 valence electrons. The van der Waals surface area contributed by atoms with Crippen molar-refractivity contribution in [3.05, 3.63) is 53.1 Å². The average molecular weight is 487 g/mol. The van der Waals surface area contributed by atoms with Crippen molar-refractivity contribution >= 4 is 34.7 Å². The number of ether oxygens (including phenoxy) is 1. The van der Waals surface area contributed by atoms with Gasteiger partial charge in [-0.2, -0.15) is 0 Å². The molecule has 1 saturated heterocycles. The Morgan fingerprint density at radius 1 is 1.26 bits per heavy atom. The molecule has 2 atom stereocenters. The van der Waals surface area contributed by atoms with Gasteiger partial charge in [-0.25, -0.2) is 9.07 Å². The first-order chi connectivity index (χ1) is 16.4. The Morgan fingerprint density at radius 3 is 2.71 bits per heavy atom. The van der Waals surface area contributed by atoms with Gasteiger partial charge in [-0.15, -0.1) is 5.10 Å². The molecule has 34 heavy (non-hydrogen) atoms. The van der Waals surface area contributed by atoms with Crippen LogP contribution in [-0.4, -0.2) is 62.2 Å². The number of nitrogens with zero attached hydrogens (tertiary/aromatic N) is 4. The van der Waals surface area contributed by atoms with Gasteiger partial charge in [0.05, 0.1) is 25.0 Å². The molecular weight excluding hydrogens is 459 g/mol. The first-order valence-corrected chi connectivity index (χ1v) is 12.1. The van der Waals surface area contributed by atoms with E-state index in [1.54, 1.807) is 18.2 Å². The normalized spacial score (nSPS) is 20.8. The number of likely N-dealkylation sites (tertiary alicyclic amines) is 1. The highest BCUT2D eigenvalue weighted by atomic mass is 32.2. The van der Waals surface area contributed by atoms with E-state index in [1.165, 1.54) is 42.7 Å². The summed E-state index contributed by atoms with van der Waals surface area (Å²) >= 11 is 1.23. The van der Waals surface area contributed by atoms with Crippen LogP contribution >= 0.6 is 11.8 Å². The molecule has 0 amide bonds. The van der Waals surface area contributed by atoms with Crippen molar-refractivity contribution in [2.24, 2.45) is 5.92 Å². The predicted molar refractivity (Wildman–Crippen MR) is 125 cm³/mol. The molecule has 1 aromatic carbocycles. The van der Waals surface area contributed by atoms with Gasteiger partial charge in [0, 0.05) is 36.7 Å². The highest BCUT2D eigenvalue weighted by molar-refractivity contribution is 8.14. The smallest absolute Gasteiger partial charge is 0.327 e. The van der Waals surface area contributed by atoms with Crippen LogP contribution in [0.2, 0.25) is 0 Å². The number of benzene rings is 1. The third-order valence-electron chi connectivity index (χ3n) is 6.09. The molecule has 0 bridgehead atoms. The van der Waals surface area contributed by atoms with Crippen LogP contribution in [0.1, 0.15) is 43.5 Å². The van der Waals surface area contributed by atoms with E-state index in [0.717, 1.165) is 18.4 Å². The van der Waals surface area contributed by atoms with Gasteiger partial charge in [0.15, 0.2) is 10.9 Å². The minimum Gasteiger partial charge on any atom is -0.468 e. The van der Waals surface area contributed by atoms with Crippen LogP contribution < -0.4 is 0 Å². The molecule has 0 radical (unpaired) electrons. The van der Waals surface area contributed by atoms with Gasteiger partial charge in [-0.05, 0) is 37.0 Å². The van der Waals surface area contributed by atoms with Crippen LogP contribution in [0.3, 0.4) is 0 Å². The number of halogens is 1. The van der Waals surface area contributed by atoms with Crippen molar-refractivity contribution < 1.29 is 23.5 Å². The van der Waals surface area contributed by atoms with Crippen molar-refractivity contribution in [2.45, 2.75) is 44.0 Å². The van der Waals surface area contributed by atoms with Gasteiger partial charge in [-0.3, -0.25) is 19.3 Å². The van der Waals surface area contributed by atoms with Gasteiger partial charge < -0.3 is 4.74 Å². The number of esters is 1. The van der Waals surface area contributed by atoms with Gasteiger partial charge >= 0.3 is 5.97 Å². The third kappa shape index (κ3) is 5.61. The van der Waals surface area contributed by atoms with Crippen LogP contribution in [0.25, 0.3) is 6.08 Å². The van der Waals surface area contributed by atoms with E-state index in [4.69, 9.17) is 4.74 Å². The van der Waals surface area contributed by atoms with Crippen molar-refractivity contribution in [1.82, 2.24) is 19.9 Å². The quantitative estimate of drug-likeness (QED) is 0.526. The lowest BCUT2D eigenvalue weighted by Gasteiger charge is -2.38. The Hall–Kier alpha value is -2.85. The number of ketones is 1. The van der Waals surface area contributed by atoms with E-state index in [9.17, 15) is 18.8 Å². The monoisotopic (exact) mass is 486 g/mol. The number of aromatic nitrogens is 3. The number of piperidine rings is 1. The summed E-state index contributed by atoms with van der Waals surface area (Å²) in [5, 5.41) is 7.75. The lowest BCUT2D eigenvalue weighted by Crippen LogP contribution is -2.43. The van der Waals surface area contributed by atoms with E-state index in [0.29, 0.717) is 30.8 Å². The second-order valence-electron chi connectivity index (χ2n) is 8.57. The van der Waals surface area contributed by atoms with Crippen molar-refractivity contribution in [2.75, 3.05) is 20.2 Å². The zero-order valence-corrected chi connectivity index (χ0v) is 20.0. The number of Topliss-reactive ketones (excluding diaryl/α,β-unsaturated/α-hetero) is 1. The largest absolute Gasteiger partial charge is 0.468 e. The number of hydrogen-bond acceptors (Lipinski definition) is 8. The molecule has 10 heteroatoms. The Morgan fingerprint density at radius 2 is 2.03 bits per heavy atom.